The minimum absolute atomic E-state index is 0.507. The van der Waals surface area contributed by atoms with Gasteiger partial charge in [-0.25, -0.2) is 0 Å². The van der Waals surface area contributed by atoms with Gasteiger partial charge in [0.2, 0.25) is 0 Å². The fraction of sp³-hybridized carbons (Fsp3) is 0.682. The Hall–Kier alpha value is -1.63. The van der Waals surface area contributed by atoms with Crippen LogP contribution in [0.4, 0.5) is 0 Å². The first-order valence-electron chi connectivity index (χ1n) is 10.8. The van der Waals surface area contributed by atoms with Crippen molar-refractivity contribution in [2.75, 3.05) is 59.5 Å². The molecule has 0 spiro atoms. The lowest BCUT2D eigenvalue weighted by Gasteiger charge is -2.33. The van der Waals surface area contributed by atoms with Crippen molar-refractivity contribution in [2.24, 2.45) is 10.9 Å². The number of ether oxygens (including phenoxy) is 1. The van der Waals surface area contributed by atoms with Gasteiger partial charge in [0.05, 0.1) is 13.2 Å². The van der Waals surface area contributed by atoms with Crippen LogP contribution in [0.2, 0.25) is 0 Å². The lowest BCUT2D eigenvalue weighted by molar-refractivity contribution is 0.0320. The van der Waals surface area contributed by atoms with Crippen LogP contribution in [0.5, 0.6) is 0 Å². The van der Waals surface area contributed by atoms with Crippen LogP contribution in [0.1, 0.15) is 25.3 Å². The first-order chi connectivity index (χ1) is 13.7. The summed E-state index contributed by atoms with van der Waals surface area (Å²) in [5.41, 5.74) is 1.40. The summed E-state index contributed by atoms with van der Waals surface area (Å²) in [6.07, 6.45) is 2.33. The van der Waals surface area contributed by atoms with E-state index in [4.69, 9.17) is 4.74 Å². The van der Waals surface area contributed by atoms with E-state index in [1.807, 2.05) is 7.05 Å². The largest absolute Gasteiger partial charge is 0.379 e. The molecule has 6 heteroatoms. The molecule has 2 aliphatic rings. The molecule has 28 heavy (non-hydrogen) atoms. The van der Waals surface area contributed by atoms with E-state index in [0.717, 1.165) is 77.8 Å². The predicted octanol–water partition coefficient (Wildman–Crippen LogP) is 1.78. The molecule has 1 aromatic carbocycles. The molecular formula is C22H37N5O. The Morgan fingerprint density at radius 3 is 2.50 bits per heavy atom. The van der Waals surface area contributed by atoms with Gasteiger partial charge in [0.25, 0.3) is 0 Å². The van der Waals surface area contributed by atoms with Crippen LogP contribution < -0.4 is 10.6 Å². The third kappa shape index (κ3) is 7.08. The normalized spacial score (nSPS) is 21.4. The van der Waals surface area contributed by atoms with Crippen LogP contribution in [-0.4, -0.2) is 81.3 Å². The molecule has 0 amide bonds. The average Bonchev–Trinajstić information content (AvgIpc) is 2.74. The van der Waals surface area contributed by atoms with E-state index in [1.165, 1.54) is 5.56 Å². The summed E-state index contributed by atoms with van der Waals surface area (Å²) in [5.74, 6) is 1.53. The van der Waals surface area contributed by atoms with E-state index in [1.54, 1.807) is 0 Å². The van der Waals surface area contributed by atoms with Gasteiger partial charge in [-0.05, 0) is 24.3 Å². The second-order valence-electron chi connectivity index (χ2n) is 8.15. The highest BCUT2D eigenvalue weighted by Crippen LogP contribution is 2.13. The Bertz CT molecular complexity index is 580. The predicted molar refractivity (Wildman–Crippen MR) is 116 cm³/mol. The van der Waals surface area contributed by atoms with Crippen LogP contribution in [0.25, 0.3) is 0 Å². The Morgan fingerprint density at radius 1 is 1.11 bits per heavy atom. The SMILES string of the molecule is CN=C(NCC(C)CN1CCOCC1)NC1CCN(Cc2ccccc2)CC1. The number of hydrogen-bond donors (Lipinski definition) is 2. The molecule has 2 saturated heterocycles. The van der Waals surface area contributed by atoms with E-state index in [9.17, 15) is 0 Å². The quantitative estimate of drug-likeness (QED) is 0.552. The van der Waals surface area contributed by atoms with Crippen molar-refractivity contribution < 1.29 is 4.74 Å². The second-order valence-corrected chi connectivity index (χ2v) is 8.15. The van der Waals surface area contributed by atoms with Crippen molar-refractivity contribution in [1.29, 1.82) is 0 Å². The monoisotopic (exact) mass is 387 g/mol. The average molecular weight is 388 g/mol. The molecule has 1 atom stereocenters. The fourth-order valence-corrected chi connectivity index (χ4v) is 4.02. The van der Waals surface area contributed by atoms with Gasteiger partial charge in [-0.3, -0.25) is 14.8 Å². The molecule has 6 nitrogen and oxygen atoms in total. The molecule has 0 aliphatic carbocycles. The number of piperidine rings is 1. The van der Waals surface area contributed by atoms with Crippen molar-refractivity contribution in [2.45, 2.75) is 32.4 Å². The first-order valence-corrected chi connectivity index (χ1v) is 10.8. The molecule has 0 saturated carbocycles. The zero-order chi connectivity index (χ0) is 19.6. The maximum absolute atomic E-state index is 5.43. The van der Waals surface area contributed by atoms with E-state index in [-0.39, 0.29) is 0 Å². The molecule has 2 N–H and O–H groups in total. The number of morpholine rings is 1. The van der Waals surface area contributed by atoms with Crippen LogP contribution in [-0.2, 0) is 11.3 Å². The Balaban J connectivity index is 1.33. The molecule has 1 aromatic rings. The molecule has 2 fully saturated rings. The molecule has 1 unspecified atom stereocenters. The summed E-state index contributed by atoms with van der Waals surface area (Å²) < 4.78 is 5.43. The van der Waals surface area contributed by atoms with Gasteiger partial charge in [-0.15, -0.1) is 0 Å². The van der Waals surface area contributed by atoms with E-state index in [0.29, 0.717) is 12.0 Å². The molecule has 156 valence electrons. The van der Waals surface area contributed by atoms with Crippen LogP contribution in [0, 0.1) is 5.92 Å². The van der Waals surface area contributed by atoms with Gasteiger partial charge >= 0.3 is 0 Å². The van der Waals surface area contributed by atoms with Gasteiger partial charge in [-0.1, -0.05) is 37.3 Å². The summed E-state index contributed by atoms with van der Waals surface area (Å²) in [6, 6.07) is 11.3. The number of rotatable bonds is 7. The van der Waals surface area contributed by atoms with Crippen LogP contribution in [0.3, 0.4) is 0 Å². The van der Waals surface area contributed by atoms with Crippen molar-refractivity contribution in [3.8, 4) is 0 Å². The number of nitrogens with zero attached hydrogens (tertiary/aromatic N) is 3. The summed E-state index contributed by atoms with van der Waals surface area (Å²) in [7, 11) is 1.87. The van der Waals surface area contributed by atoms with E-state index in [2.05, 4.69) is 62.7 Å². The molecule has 3 rings (SSSR count). The number of benzene rings is 1. The highest BCUT2D eigenvalue weighted by molar-refractivity contribution is 5.79. The molecular weight excluding hydrogens is 350 g/mol. The molecule has 2 heterocycles. The zero-order valence-electron chi connectivity index (χ0n) is 17.6. The standard InChI is InChI=1S/C22H37N5O/c1-19(17-27-12-14-28-15-13-27)16-24-22(23-2)25-21-8-10-26(11-9-21)18-20-6-4-3-5-7-20/h3-7,19,21H,8-18H2,1-2H3,(H2,23,24,25). The highest BCUT2D eigenvalue weighted by atomic mass is 16.5. The number of likely N-dealkylation sites (tertiary alicyclic amines) is 1. The summed E-state index contributed by atoms with van der Waals surface area (Å²) in [6.45, 7) is 11.5. The topological polar surface area (TPSA) is 52.1 Å². The van der Waals surface area contributed by atoms with Gasteiger partial charge in [0.1, 0.15) is 0 Å². The summed E-state index contributed by atoms with van der Waals surface area (Å²) >= 11 is 0. The zero-order valence-corrected chi connectivity index (χ0v) is 17.6. The number of hydrogen-bond acceptors (Lipinski definition) is 4. The van der Waals surface area contributed by atoms with Crippen molar-refractivity contribution >= 4 is 5.96 Å². The third-order valence-corrected chi connectivity index (χ3v) is 5.69. The molecule has 0 bridgehead atoms. The van der Waals surface area contributed by atoms with Gasteiger partial charge < -0.3 is 15.4 Å². The number of guanidine groups is 1. The summed E-state index contributed by atoms with van der Waals surface area (Å²) in [4.78, 5) is 9.48. The van der Waals surface area contributed by atoms with E-state index < -0.39 is 0 Å². The molecule has 0 aromatic heterocycles. The lowest BCUT2D eigenvalue weighted by Crippen LogP contribution is -2.49. The van der Waals surface area contributed by atoms with Gasteiger partial charge in [0.15, 0.2) is 5.96 Å². The number of aliphatic imine (C=N–C) groups is 1. The highest BCUT2D eigenvalue weighted by Gasteiger charge is 2.20. The minimum Gasteiger partial charge on any atom is -0.379 e. The maximum Gasteiger partial charge on any atom is 0.191 e. The van der Waals surface area contributed by atoms with Gasteiger partial charge in [-0.2, -0.15) is 0 Å². The molecule has 2 aliphatic heterocycles. The van der Waals surface area contributed by atoms with E-state index >= 15 is 0 Å². The van der Waals surface area contributed by atoms with Crippen molar-refractivity contribution in [1.82, 2.24) is 20.4 Å². The smallest absolute Gasteiger partial charge is 0.191 e. The maximum atomic E-state index is 5.43. The lowest BCUT2D eigenvalue weighted by atomic mass is 10.0. The Kier molecular flexibility index (Phi) is 8.58. The van der Waals surface area contributed by atoms with Crippen LogP contribution in [0.15, 0.2) is 35.3 Å². The van der Waals surface area contributed by atoms with Crippen molar-refractivity contribution in [3.05, 3.63) is 35.9 Å². The van der Waals surface area contributed by atoms with Gasteiger partial charge in [0, 0.05) is 58.9 Å². The van der Waals surface area contributed by atoms with Crippen LogP contribution >= 0.6 is 0 Å². The third-order valence-electron chi connectivity index (χ3n) is 5.69. The fourth-order valence-electron chi connectivity index (χ4n) is 4.02. The Morgan fingerprint density at radius 2 is 1.82 bits per heavy atom. The summed E-state index contributed by atoms with van der Waals surface area (Å²) in [5, 5.41) is 7.15. The number of nitrogens with one attached hydrogen (secondary N) is 2. The minimum atomic E-state index is 0.507. The van der Waals surface area contributed by atoms with Crippen molar-refractivity contribution in [3.63, 3.8) is 0 Å². The first kappa shape index (κ1) is 21.1. The molecule has 0 radical (unpaired) electrons. The second kappa shape index (κ2) is 11.4. The Labute approximate surface area is 170 Å².